The van der Waals surface area contributed by atoms with E-state index in [1.165, 1.54) is 12.1 Å². The predicted molar refractivity (Wildman–Crippen MR) is 310 cm³/mol. The average molecular weight is 1120 g/mol. The van der Waals surface area contributed by atoms with Gasteiger partial charge >= 0.3 is 0 Å². The number of phenolic OH excluding ortho intramolecular Hbond substituents is 1. The van der Waals surface area contributed by atoms with Gasteiger partial charge in [-0.2, -0.15) is 25.3 Å². The summed E-state index contributed by atoms with van der Waals surface area (Å²) in [6, 6.07) is 26.8. The highest BCUT2D eigenvalue weighted by Crippen LogP contribution is 2.21. The molecule has 8 amide bonds. The number of carbonyl (C=O) groups is 8. The van der Waals surface area contributed by atoms with Gasteiger partial charge < -0.3 is 53.5 Å². The van der Waals surface area contributed by atoms with Gasteiger partial charge in [0.2, 0.25) is 47.3 Å². The van der Waals surface area contributed by atoms with Crippen molar-refractivity contribution in [3.63, 3.8) is 0 Å². The van der Waals surface area contributed by atoms with Gasteiger partial charge in [-0.3, -0.25) is 43.7 Å². The number of thiol groups is 2. The zero-order valence-corrected chi connectivity index (χ0v) is 45.9. The van der Waals surface area contributed by atoms with Crippen molar-refractivity contribution in [2.24, 2.45) is 17.4 Å². The van der Waals surface area contributed by atoms with Crippen LogP contribution in [-0.2, 0) is 64.0 Å². The van der Waals surface area contributed by atoms with E-state index in [4.69, 9.17) is 11.5 Å². The molecule has 5 aromatic carbocycles. The Balaban J connectivity index is 1.19. The number of unbranched alkanes of at least 4 members (excludes halogenated alkanes) is 1. The van der Waals surface area contributed by atoms with Crippen LogP contribution in [0.3, 0.4) is 0 Å². The van der Waals surface area contributed by atoms with E-state index in [2.05, 4.69) is 67.5 Å². The van der Waals surface area contributed by atoms with Crippen molar-refractivity contribution in [1.29, 1.82) is 0 Å². The second-order valence-electron chi connectivity index (χ2n) is 19.7. The number of hydrogen-bond donors (Lipinski definition) is 13. The average Bonchev–Trinajstić information content (AvgIpc) is 3.85. The number of H-pyrrole nitrogens is 1. The third kappa shape index (κ3) is 17.9. The Kier molecular flexibility index (Phi) is 22.9. The number of carbonyl (C=O) groups excluding carboxylic acids is 8. The van der Waals surface area contributed by atoms with Crippen LogP contribution in [0.4, 0.5) is 0 Å². The third-order valence-electron chi connectivity index (χ3n) is 13.3. The summed E-state index contributed by atoms with van der Waals surface area (Å²) in [4.78, 5) is 115. The fraction of sp³-hybridized carbons (Fsp3) is 0.345. The summed E-state index contributed by atoms with van der Waals surface area (Å²) in [5.41, 5.74) is 15.5. The Labute approximate surface area is 469 Å². The second kappa shape index (κ2) is 29.9. The van der Waals surface area contributed by atoms with E-state index < -0.39 is 95.5 Å². The van der Waals surface area contributed by atoms with Crippen LogP contribution < -0.4 is 48.7 Å². The molecule has 0 aliphatic heterocycles. The van der Waals surface area contributed by atoms with Crippen molar-refractivity contribution in [3.05, 3.63) is 150 Å². The quantitative estimate of drug-likeness (QED) is 0.0250. The minimum atomic E-state index is -1.38. The zero-order valence-electron chi connectivity index (χ0n) is 44.1. The molecule has 0 saturated heterocycles. The van der Waals surface area contributed by atoms with Gasteiger partial charge in [0.05, 0.1) is 12.5 Å². The Hall–Kier alpha value is -7.72. The molecule has 79 heavy (non-hydrogen) atoms. The number of phenols is 1. The molecule has 19 nitrogen and oxygen atoms in total. The lowest BCUT2D eigenvalue weighted by Crippen LogP contribution is -2.61. The summed E-state index contributed by atoms with van der Waals surface area (Å²) in [6.07, 6.45) is 2.50. The molecule has 418 valence electrons. The maximum atomic E-state index is 14.8. The smallest absolute Gasteiger partial charge is 0.249 e. The molecule has 7 atom stereocenters. The van der Waals surface area contributed by atoms with Crippen LogP contribution in [0.25, 0.3) is 21.7 Å². The predicted octanol–water partition coefficient (Wildman–Crippen LogP) is 2.82. The standard InChI is InChI=1S/C58H70N10O9S2/c1-34(2)51(58(77)66-49(33-79)57(76)67-50(70)29-37-19-22-38-14-6-7-15-39(38)26-37)68-53(72)45(18-10-11-25-59)62-55(74)47(30-40-31-61-44-17-9-8-16-42(40)44)64-54(73)46(28-36-20-23-41(69)24-21-36)63-56(75)48(32-78)65-52(71)43(60)27-35-12-4-3-5-13-35/h3-9,12-17,19-24,26,31,34,43,45-49,51,61,69,78-79H,10-11,18,25,27-30,32-33,59-60H2,1-2H3,(H,62,74)(H,63,75)(H,64,73)(H,65,71)(H,66,77)(H,68,72)(H,67,70,76)/t43?,45?,46?,47-,48-,49?,51?/m1/s1. The molecule has 1 aromatic heterocycles. The van der Waals surface area contributed by atoms with Crippen molar-refractivity contribution in [2.75, 3.05) is 18.1 Å². The number of aromatic hydroxyl groups is 1. The van der Waals surface area contributed by atoms with Crippen LogP contribution in [0.5, 0.6) is 5.75 Å². The zero-order chi connectivity index (χ0) is 57.0. The van der Waals surface area contributed by atoms with Crippen molar-refractivity contribution in [3.8, 4) is 5.75 Å². The van der Waals surface area contributed by atoms with E-state index in [9.17, 15) is 43.5 Å². The number of amides is 8. The highest BCUT2D eigenvalue weighted by molar-refractivity contribution is 7.80. The van der Waals surface area contributed by atoms with E-state index in [1.807, 2.05) is 91.0 Å². The number of benzene rings is 5. The maximum absolute atomic E-state index is 14.8. The van der Waals surface area contributed by atoms with Crippen molar-refractivity contribution in [1.82, 2.24) is 42.2 Å². The third-order valence-corrected chi connectivity index (χ3v) is 14.0. The van der Waals surface area contributed by atoms with Crippen LogP contribution in [0.2, 0.25) is 0 Å². The highest BCUT2D eigenvalue weighted by atomic mass is 32.1. The second-order valence-corrected chi connectivity index (χ2v) is 20.4. The molecule has 0 radical (unpaired) electrons. The summed E-state index contributed by atoms with van der Waals surface area (Å²) in [5, 5.41) is 31.4. The summed E-state index contributed by atoms with van der Waals surface area (Å²) < 4.78 is 0. The van der Waals surface area contributed by atoms with Gasteiger partial charge in [-0.25, -0.2) is 0 Å². The lowest BCUT2D eigenvalue weighted by atomic mass is 10.00. The minimum Gasteiger partial charge on any atom is -0.508 e. The Morgan fingerprint density at radius 3 is 1.76 bits per heavy atom. The summed E-state index contributed by atoms with van der Waals surface area (Å²) in [5.74, 6) is -6.76. The number of nitrogens with two attached hydrogens (primary N) is 2. The molecule has 0 saturated carbocycles. The van der Waals surface area contributed by atoms with Gasteiger partial charge in [-0.15, -0.1) is 0 Å². The molecule has 1 heterocycles. The lowest BCUT2D eigenvalue weighted by Gasteiger charge is -2.28. The molecule has 5 unspecified atom stereocenters. The topological polar surface area (TPSA) is 309 Å². The van der Waals surface area contributed by atoms with Crippen molar-refractivity contribution in [2.45, 2.75) is 101 Å². The first-order chi connectivity index (χ1) is 38.0. The normalized spacial score (nSPS) is 13.9. The van der Waals surface area contributed by atoms with Crippen LogP contribution >= 0.6 is 25.3 Å². The molecule has 0 aliphatic carbocycles. The van der Waals surface area contributed by atoms with Gasteiger partial charge in [0.25, 0.3) is 0 Å². The molecule has 6 aromatic rings. The Morgan fingerprint density at radius 2 is 1.09 bits per heavy atom. The maximum Gasteiger partial charge on any atom is 0.249 e. The molecule has 0 bridgehead atoms. The first-order valence-corrected chi connectivity index (χ1v) is 27.4. The van der Waals surface area contributed by atoms with Gasteiger partial charge in [0, 0.05) is 41.4 Å². The summed E-state index contributed by atoms with van der Waals surface area (Å²) in [6.45, 7) is 3.65. The molecular weight excluding hydrogens is 1040 g/mol. The van der Waals surface area contributed by atoms with Crippen LogP contribution in [0, 0.1) is 5.92 Å². The number of para-hydroxylation sites is 1. The van der Waals surface area contributed by atoms with Gasteiger partial charge in [-0.05, 0) is 89.4 Å². The molecule has 0 aliphatic rings. The van der Waals surface area contributed by atoms with E-state index in [0.29, 0.717) is 29.5 Å². The van der Waals surface area contributed by atoms with Crippen LogP contribution in [0.1, 0.15) is 55.4 Å². The van der Waals surface area contributed by atoms with E-state index in [-0.39, 0.29) is 55.9 Å². The highest BCUT2D eigenvalue weighted by Gasteiger charge is 2.35. The molecule has 0 spiro atoms. The van der Waals surface area contributed by atoms with Crippen molar-refractivity contribution >= 4 is 94.2 Å². The first-order valence-electron chi connectivity index (χ1n) is 26.1. The minimum absolute atomic E-state index is 0.0365. The number of hydrogen-bond acceptors (Lipinski definition) is 13. The first kappa shape index (κ1) is 60.5. The molecule has 0 fully saturated rings. The molecule has 6 rings (SSSR count). The lowest BCUT2D eigenvalue weighted by molar-refractivity contribution is -0.136. The van der Waals surface area contributed by atoms with Gasteiger partial charge in [-0.1, -0.05) is 117 Å². The van der Waals surface area contributed by atoms with Crippen LogP contribution in [-0.4, -0.2) is 118 Å². The van der Waals surface area contributed by atoms with Gasteiger partial charge in [0.1, 0.15) is 42.0 Å². The van der Waals surface area contributed by atoms with E-state index in [1.54, 1.807) is 38.2 Å². The number of imide groups is 1. The number of nitrogens with one attached hydrogen (secondary N) is 8. The molecule has 13 N–H and O–H groups in total. The fourth-order valence-electron chi connectivity index (χ4n) is 8.87. The van der Waals surface area contributed by atoms with E-state index in [0.717, 1.165) is 27.2 Å². The molecule has 21 heteroatoms. The fourth-order valence-corrected chi connectivity index (χ4v) is 9.38. The van der Waals surface area contributed by atoms with Gasteiger partial charge in [0.15, 0.2) is 0 Å². The number of aromatic amines is 1. The Morgan fingerprint density at radius 1 is 0.544 bits per heavy atom. The number of fused-ring (bicyclic) bond motifs is 2. The SMILES string of the molecule is CC(C)C(NC(=O)C(CCCCN)NC(=O)[C@@H](Cc1c[nH]c2ccccc12)NC(=O)C(Cc1ccc(O)cc1)NC(=O)[C@@H](CS)NC(=O)C(N)Cc1ccccc1)C(=O)NC(CS)C(=O)NC(=O)Cc1ccc2ccccc2c1. The molecular formula is C58H70N10O9S2. The monoisotopic (exact) mass is 1110 g/mol. The summed E-state index contributed by atoms with van der Waals surface area (Å²) >= 11 is 8.61. The summed E-state index contributed by atoms with van der Waals surface area (Å²) in [7, 11) is 0. The number of rotatable bonds is 28. The van der Waals surface area contributed by atoms with E-state index >= 15 is 0 Å². The largest absolute Gasteiger partial charge is 0.508 e. The number of aromatic nitrogens is 1. The van der Waals surface area contributed by atoms with Crippen molar-refractivity contribution < 1.29 is 43.5 Å². The van der Waals surface area contributed by atoms with Crippen LogP contribution in [0.15, 0.2) is 128 Å². The Bertz CT molecular complexity index is 3070.